The molecule has 1 aliphatic rings. The van der Waals surface area contributed by atoms with Crippen molar-refractivity contribution in [3.63, 3.8) is 0 Å². The van der Waals surface area contributed by atoms with Crippen molar-refractivity contribution in [2.45, 2.75) is 13.0 Å². The number of benzene rings is 2. The number of rotatable bonds is 2. The summed E-state index contributed by atoms with van der Waals surface area (Å²) < 4.78 is 1.09. The highest BCUT2D eigenvalue weighted by Gasteiger charge is 2.22. The molecule has 1 aliphatic heterocycles. The minimum absolute atomic E-state index is 0.251. The number of nitrogens with zero attached hydrogens (tertiary/aromatic N) is 1. The Morgan fingerprint density at radius 3 is 2.79 bits per heavy atom. The average Bonchev–Trinajstić information content (AvgIpc) is 2.42. The molecule has 2 aromatic carbocycles. The van der Waals surface area contributed by atoms with Crippen LogP contribution in [0.1, 0.15) is 22.3 Å². The van der Waals surface area contributed by atoms with Gasteiger partial charge in [0.05, 0.1) is 0 Å². The Morgan fingerprint density at radius 1 is 1.11 bits per heavy atom. The van der Waals surface area contributed by atoms with E-state index in [0.717, 1.165) is 28.8 Å². The summed E-state index contributed by atoms with van der Waals surface area (Å²) in [6.07, 6.45) is 0.602. The van der Waals surface area contributed by atoms with E-state index in [9.17, 15) is 4.79 Å². The summed E-state index contributed by atoms with van der Waals surface area (Å²) in [4.78, 5) is 14.2. The molecule has 0 N–H and O–H groups in total. The van der Waals surface area contributed by atoms with Crippen LogP contribution in [0.25, 0.3) is 0 Å². The van der Waals surface area contributed by atoms with Gasteiger partial charge in [0.25, 0.3) is 0 Å². The summed E-state index contributed by atoms with van der Waals surface area (Å²) in [6, 6.07) is 16.2. The SMILES string of the molecule is O=C1CCN(Cc2cccc(Br)c2)c2ccccc21. The second-order valence-corrected chi connectivity index (χ2v) is 5.66. The minimum atomic E-state index is 0.251. The lowest BCUT2D eigenvalue weighted by Crippen LogP contribution is -2.31. The maximum atomic E-state index is 11.9. The van der Waals surface area contributed by atoms with Crippen LogP contribution in [0.15, 0.2) is 53.0 Å². The Hall–Kier alpha value is -1.61. The first-order valence-electron chi connectivity index (χ1n) is 6.35. The summed E-state index contributed by atoms with van der Waals surface area (Å²) >= 11 is 3.50. The average molecular weight is 316 g/mol. The highest BCUT2D eigenvalue weighted by Crippen LogP contribution is 2.28. The molecule has 2 nitrogen and oxygen atoms in total. The van der Waals surface area contributed by atoms with Crippen LogP contribution in [0.5, 0.6) is 0 Å². The van der Waals surface area contributed by atoms with Crippen LogP contribution in [-0.4, -0.2) is 12.3 Å². The lowest BCUT2D eigenvalue weighted by Gasteiger charge is -2.30. The van der Waals surface area contributed by atoms with Gasteiger partial charge in [0.2, 0.25) is 0 Å². The van der Waals surface area contributed by atoms with Crippen molar-refractivity contribution >= 4 is 27.4 Å². The molecule has 1 heterocycles. The van der Waals surface area contributed by atoms with E-state index in [2.05, 4.69) is 33.0 Å². The maximum Gasteiger partial charge on any atom is 0.166 e. The van der Waals surface area contributed by atoms with Crippen molar-refractivity contribution in [2.24, 2.45) is 0 Å². The third kappa shape index (κ3) is 2.56. The monoisotopic (exact) mass is 315 g/mol. The number of anilines is 1. The number of Topliss-reactive ketones (excluding diaryl/α,β-unsaturated/α-hetero) is 1. The number of halogens is 1. The van der Waals surface area contributed by atoms with Gasteiger partial charge in [0.1, 0.15) is 0 Å². The summed E-state index contributed by atoms with van der Waals surface area (Å²) in [7, 11) is 0. The lowest BCUT2D eigenvalue weighted by atomic mass is 10.00. The summed E-state index contributed by atoms with van der Waals surface area (Å²) in [5.74, 6) is 0.251. The molecule has 0 saturated heterocycles. The Morgan fingerprint density at radius 2 is 1.95 bits per heavy atom. The van der Waals surface area contributed by atoms with Gasteiger partial charge in [-0.2, -0.15) is 0 Å². The molecular weight excluding hydrogens is 302 g/mol. The van der Waals surface area contributed by atoms with Gasteiger partial charge in [0, 0.05) is 35.2 Å². The Labute approximate surface area is 121 Å². The molecule has 3 heteroatoms. The summed E-state index contributed by atoms with van der Waals surface area (Å²) in [5.41, 5.74) is 3.15. The highest BCUT2D eigenvalue weighted by atomic mass is 79.9. The summed E-state index contributed by atoms with van der Waals surface area (Å²) in [5, 5.41) is 0. The number of fused-ring (bicyclic) bond motifs is 1. The van der Waals surface area contributed by atoms with Crippen LogP contribution in [0.3, 0.4) is 0 Å². The van der Waals surface area contributed by atoms with E-state index in [1.807, 2.05) is 36.4 Å². The van der Waals surface area contributed by atoms with Crippen molar-refractivity contribution in [3.8, 4) is 0 Å². The van der Waals surface area contributed by atoms with Gasteiger partial charge >= 0.3 is 0 Å². The fraction of sp³-hybridized carbons (Fsp3) is 0.188. The zero-order chi connectivity index (χ0) is 13.2. The molecule has 0 radical (unpaired) electrons. The lowest BCUT2D eigenvalue weighted by molar-refractivity contribution is 0.0979. The van der Waals surface area contributed by atoms with Crippen molar-refractivity contribution < 1.29 is 4.79 Å². The summed E-state index contributed by atoms with van der Waals surface area (Å²) in [6.45, 7) is 1.63. The Balaban J connectivity index is 1.91. The van der Waals surface area contributed by atoms with E-state index in [-0.39, 0.29) is 5.78 Å². The second kappa shape index (κ2) is 5.17. The first-order valence-corrected chi connectivity index (χ1v) is 7.15. The smallest absolute Gasteiger partial charge is 0.166 e. The molecule has 0 atom stereocenters. The Kier molecular flexibility index (Phi) is 3.38. The standard InChI is InChI=1S/C16H14BrNO/c17-13-5-3-4-12(10-13)11-18-9-8-16(19)14-6-1-2-7-15(14)18/h1-7,10H,8-9,11H2. The molecule has 0 aliphatic carbocycles. The first-order chi connectivity index (χ1) is 9.24. The zero-order valence-corrected chi connectivity index (χ0v) is 12.1. The number of carbonyl (C=O) groups excluding carboxylic acids is 1. The predicted octanol–water partition coefficient (Wildman–Crippen LogP) is 4.04. The van der Waals surface area contributed by atoms with Crippen LogP contribution >= 0.6 is 15.9 Å². The topological polar surface area (TPSA) is 20.3 Å². The number of hydrogen-bond donors (Lipinski definition) is 0. The van der Waals surface area contributed by atoms with E-state index >= 15 is 0 Å². The van der Waals surface area contributed by atoms with Gasteiger partial charge in [-0.15, -0.1) is 0 Å². The van der Waals surface area contributed by atoms with Crippen molar-refractivity contribution in [2.75, 3.05) is 11.4 Å². The second-order valence-electron chi connectivity index (χ2n) is 4.74. The zero-order valence-electron chi connectivity index (χ0n) is 10.5. The molecule has 0 spiro atoms. The minimum Gasteiger partial charge on any atom is -0.366 e. The fourth-order valence-electron chi connectivity index (χ4n) is 2.50. The maximum absolute atomic E-state index is 11.9. The molecule has 0 aromatic heterocycles. The van der Waals surface area contributed by atoms with E-state index < -0.39 is 0 Å². The Bertz CT molecular complexity index is 624. The number of carbonyl (C=O) groups is 1. The highest BCUT2D eigenvalue weighted by molar-refractivity contribution is 9.10. The largest absolute Gasteiger partial charge is 0.366 e. The molecule has 19 heavy (non-hydrogen) atoms. The van der Waals surface area contributed by atoms with Crippen molar-refractivity contribution in [1.29, 1.82) is 0 Å². The number of para-hydroxylation sites is 1. The number of hydrogen-bond acceptors (Lipinski definition) is 2. The van der Waals surface area contributed by atoms with Crippen LogP contribution in [0.2, 0.25) is 0 Å². The molecule has 2 aromatic rings. The molecule has 3 rings (SSSR count). The van der Waals surface area contributed by atoms with E-state index in [4.69, 9.17) is 0 Å². The fourth-order valence-corrected chi connectivity index (χ4v) is 2.94. The van der Waals surface area contributed by atoms with Gasteiger partial charge in [-0.25, -0.2) is 0 Å². The van der Waals surface area contributed by atoms with Gasteiger partial charge < -0.3 is 4.90 Å². The molecular formula is C16H14BrNO. The van der Waals surface area contributed by atoms with E-state index in [1.54, 1.807) is 0 Å². The van der Waals surface area contributed by atoms with Crippen molar-refractivity contribution in [1.82, 2.24) is 0 Å². The molecule has 0 bridgehead atoms. The third-order valence-electron chi connectivity index (χ3n) is 3.42. The molecule has 0 saturated carbocycles. The van der Waals surface area contributed by atoms with Crippen LogP contribution in [0.4, 0.5) is 5.69 Å². The van der Waals surface area contributed by atoms with Gasteiger partial charge in [-0.05, 0) is 29.8 Å². The quantitative estimate of drug-likeness (QED) is 0.833. The molecule has 0 unspecified atom stereocenters. The number of ketones is 1. The van der Waals surface area contributed by atoms with E-state index in [0.29, 0.717) is 6.42 Å². The molecule has 96 valence electrons. The van der Waals surface area contributed by atoms with Gasteiger partial charge in [-0.3, -0.25) is 4.79 Å². The van der Waals surface area contributed by atoms with Crippen LogP contribution < -0.4 is 4.90 Å². The van der Waals surface area contributed by atoms with Gasteiger partial charge in [-0.1, -0.05) is 40.2 Å². The van der Waals surface area contributed by atoms with Crippen molar-refractivity contribution in [3.05, 3.63) is 64.1 Å². The van der Waals surface area contributed by atoms with Crippen LogP contribution in [0, 0.1) is 0 Å². The molecule has 0 fully saturated rings. The first kappa shape index (κ1) is 12.4. The van der Waals surface area contributed by atoms with E-state index in [1.165, 1.54) is 5.56 Å². The third-order valence-corrected chi connectivity index (χ3v) is 3.91. The molecule has 0 amide bonds. The normalized spacial score (nSPS) is 14.4. The van der Waals surface area contributed by atoms with Crippen LogP contribution in [-0.2, 0) is 6.54 Å². The predicted molar refractivity (Wildman–Crippen MR) is 80.6 cm³/mol. The van der Waals surface area contributed by atoms with Gasteiger partial charge in [0.15, 0.2) is 5.78 Å².